The number of benzene rings is 9. The van der Waals surface area contributed by atoms with Gasteiger partial charge in [0.15, 0.2) is 0 Å². The summed E-state index contributed by atoms with van der Waals surface area (Å²) in [6, 6.07) is 61.3. The lowest BCUT2D eigenvalue weighted by atomic mass is 9.97. The van der Waals surface area contributed by atoms with Crippen LogP contribution in [0.25, 0.3) is 110 Å². The molecule has 0 aliphatic carbocycles. The Labute approximate surface area is 324 Å². The molecule has 0 saturated heterocycles. The topological polar surface area (TPSA) is 55.8 Å². The maximum atomic E-state index is 6.48. The predicted molar refractivity (Wildman–Crippen MR) is 233 cm³/mol. The van der Waals surface area contributed by atoms with E-state index in [1.165, 1.54) is 0 Å². The Morgan fingerprint density at radius 3 is 1.32 bits per heavy atom. The number of para-hydroxylation sites is 3. The van der Waals surface area contributed by atoms with Crippen molar-refractivity contribution >= 4 is 116 Å². The molecule has 0 N–H and O–H groups in total. The van der Waals surface area contributed by atoms with Gasteiger partial charge in [0.1, 0.15) is 44.7 Å². The molecule has 13 aromatic rings. The van der Waals surface area contributed by atoms with Gasteiger partial charge in [0.25, 0.3) is 0 Å². The molecule has 4 heterocycles. The summed E-state index contributed by atoms with van der Waals surface area (Å²) in [6.07, 6.45) is 0. The zero-order valence-corrected chi connectivity index (χ0v) is 30.3. The molecule has 5 nitrogen and oxygen atoms in total. The van der Waals surface area contributed by atoms with Crippen molar-refractivity contribution < 1.29 is 17.7 Å². The number of hydrogen-bond acceptors (Lipinski definition) is 5. The molecule has 0 atom stereocenters. The monoisotopic (exact) mass is 731 g/mol. The number of rotatable bonds is 4. The summed E-state index contributed by atoms with van der Waals surface area (Å²) in [5, 5.41) is 11.1. The second kappa shape index (κ2) is 11.4. The average molecular weight is 732 g/mol. The third-order valence-electron chi connectivity index (χ3n) is 11.7. The molecule has 0 fully saturated rings. The van der Waals surface area contributed by atoms with Crippen molar-refractivity contribution in [3.8, 4) is 11.1 Å². The lowest BCUT2D eigenvalue weighted by Gasteiger charge is -2.25. The lowest BCUT2D eigenvalue weighted by Crippen LogP contribution is -2.09. The van der Waals surface area contributed by atoms with Gasteiger partial charge in [-0.2, -0.15) is 0 Å². The zero-order valence-electron chi connectivity index (χ0n) is 30.3. The van der Waals surface area contributed by atoms with Crippen molar-refractivity contribution in [1.29, 1.82) is 0 Å². The van der Waals surface area contributed by atoms with Gasteiger partial charge in [0.2, 0.25) is 0 Å². The van der Waals surface area contributed by atoms with Gasteiger partial charge in [-0.05, 0) is 95.4 Å². The molecule has 0 aliphatic rings. The number of fused-ring (bicyclic) bond motifs is 15. The Balaban J connectivity index is 0.967. The summed E-state index contributed by atoms with van der Waals surface area (Å²) in [5.41, 5.74) is 12.1. The van der Waals surface area contributed by atoms with Crippen LogP contribution in [0.1, 0.15) is 0 Å². The molecule has 13 rings (SSSR count). The van der Waals surface area contributed by atoms with Crippen LogP contribution in [0.5, 0.6) is 0 Å². The van der Waals surface area contributed by atoms with Crippen LogP contribution >= 0.6 is 0 Å². The number of furan rings is 4. The minimum Gasteiger partial charge on any atom is -0.456 e. The Morgan fingerprint density at radius 2 is 0.702 bits per heavy atom. The molecule has 0 amide bonds. The first kappa shape index (κ1) is 30.6. The fraction of sp³-hybridized carbons (Fsp3) is 0. The van der Waals surface area contributed by atoms with Crippen LogP contribution in [-0.2, 0) is 0 Å². The molecule has 4 aromatic heterocycles. The molecular formula is C52H29NO4. The summed E-state index contributed by atoms with van der Waals surface area (Å²) in [4.78, 5) is 2.27. The van der Waals surface area contributed by atoms with Gasteiger partial charge in [0.05, 0.1) is 0 Å². The van der Waals surface area contributed by atoms with E-state index in [0.29, 0.717) is 0 Å². The van der Waals surface area contributed by atoms with Crippen molar-refractivity contribution in [2.45, 2.75) is 0 Å². The molecule has 0 unspecified atom stereocenters. The van der Waals surface area contributed by atoms with E-state index in [2.05, 4.69) is 144 Å². The maximum absolute atomic E-state index is 6.48. The van der Waals surface area contributed by atoms with Gasteiger partial charge in [0, 0.05) is 77.7 Å². The van der Waals surface area contributed by atoms with E-state index >= 15 is 0 Å². The third-order valence-corrected chi connectivity index (χ3v) is 11.7. The van der Waals surface area contributed by atoms with Crippen LogP contribution in [-0.4, -0.2) is 0 Å². The fourth-order valence-electron chi connectivity index (χ4n) is 9.04. The van der Waals surface area contributed by atoms with Gasteiger partial charge in [-0.25, -0.2) is 0 Å². The first-order chi connectivity index (χ1) is 28.2. The Hall–Kier alpha value is -7.76. The molecule has 57 heavy (non-hydrogen) atoms. The van der Waals surface area contributed by atoms with E-state index in [0.717, 1.165) is 127 Å². The van der Waals surface area contributed by atoms with E-state index in [4.69, 9.17) is 17.7 Å². The second-order valence-corrected chi connectivity index (χ2v) is 14.8. The molecule has 0 saturated carbocycles. The minimum absolute atomic E-state index is 0.842. The maximum Gasteiger partial charge on any atom is 0.137 e. The Kier molecular flexibility index (Phi) is 6.10. The third kappa shape index (κ3) is 4.45. The highest BCUT2D eigenvalue weighted by Gasteiger charge is 2.20. The highest BCUT2D eigenvalue weighted by atomic mass is 16.3. The first-order valence-corrected chi connectivity index (χ1v) is 19.1. The molecule has 0 spiro atoms. The SMILES string of the molecule is c1ccc2c(c1)oc1cc(N(c3ccc(-c4ccc5oc6ccc7ccc8oc9ccccc9c8c7c6c5c4)cc3)c3ccc4c(c3)oc3ccccc34)ccc12. The van der Waals surface area contributed by atoms with E-state index in [-0.39, 0.29) is 0 Å². The van der Waals surface area contributed by atoms with Crippen LogP contribution in [0.2, 0.25) is 0 Å². The van der Waals surface area contributed by atoms with Gasteiger partial charge in [-0.15, -0.1) is 0 Å². The van der Waals surface area contributed by atoms with Crippen LogP contribution in [0.15, 0.2) is 194 Å². The van der Waals surface area contributed by atoms with Gasteiger partial charge in [-0.1, -0.05) is 84.9 Å². The molecule has 0 radical (unpaired) electrons. The van der Waals surface area contributed by atoms with Crippen LogP contribution in [0.4, 0.5) is 17.1 Å². The Morgan fingerprint density at radius 1 is 0.263 bits per heavy atom. The van der Waals surface area contributed by atoms with E-state index in [1.54, 1.807) is 0 Å². The zero-order chi connectivity index (χ0) is 37.2. The van der Waals surface area contributed by atoms with Gasteiger partial charge in [-0.3, -0.25) is 0 Å². The highest BCUT2D eigenvalue weighted by molar-refractivity contribution is 6.31. The quantitative estimate of drug-likeness (QED) is 0.180. The van der Waals surface area contributed by atoms with E-state index < -0.39 is 0 Å². The van der Waals surface area contributed by atoms with Crippen LogP contribution in [0.3, 0.4) is 0 Å². The highest BCUT2D eigenvalue weighted by Crippen LogP contribution is 2.44. The normalized spacial score (nSPS) is 12.2. The number of hydrogen-bond donors (Lipinski definition) is 0. The first-order valence-electron chi connectivity index (χ1n) is 19.1. The molecular weight excluding hydrogens is 703 g/mol. The molecule has 0 aliphatic heterocycles. The summed E-state index contributed by atoms with van der Waals surface area (Å²) in [6.45, 7) is 0. The second-order valence-electron chi connectivity index (χ2n) is 14.8. The van der Waals surface area contributed by atoms with Gasteiger partial charge < -0.3 is 22.6 Å². The standard InChI is InChI=1S/C52H29NO4/c1-4-10-42-36(7-1)38-22-20-34(28-48(38)56-42)53(35-21-23-39-37-8-2-5-11-43(37)57-49(39)29-35)33-18-13-30(14-19-33)32-17-24-45-41(27-32)52-47(55-45)26-16-31-15-25-46-51(50(31)52)40-9-3-6-12-44(40)54-46/h1-29H. The van der Waals surface area contributed by atoms with Crippen LogP contribution in [0, 0.1) is 0 Å². The summed E-state index contributed by atoms with van der Waals surface area (Å²) in [7, 11) is 0. The minimum atomic E-state index is 0.842. The summed E-state index contributed by atoms with van der Waals surface area (Å²) >= 11 is 0. The number of nitrogens with zero attached hydrogens (tertiary/aromatic N) is 1. The lowest BCUT2D eigenvalue weighted by molar-refractivity contribution is 0.668. The van der Waals surface area contributed by atoms with Crippen molar-refractivity contribution in [1.82, 2.24) is 0 Å². The van der Waals surface area contributed by atoms with Gasteiger partial charge >= 0.3 is 0 Å². The van der Waals surface area contributed by atoms with E-state index in [9.17, 15) is 0 Å². The summed E-state index contributed by atoms with van der Waals surface area (Å²) < 4.78 is 25.5. The van der Waals surface area contributed by atoms with E-state index in [1.807, 2.05) is 36.4 Å². The molecule has 5 heteroatoms. The fourth-order valence-corrected chi connectivity index (χ4v) is 9.04. The van der Waals surface area contributed by atoms with Crippen molar-refractivity contribution in [3.05, 3.63) is 176 Å². The molecule has 9 aromatic carbocycles. The summed E-state index contributed by atoms with van der Waals surface area (Å²) in [5.74, 6) is 0. The average Bonchev–Trinajstić information content (AvgIpc) is 4.03. The Bertz CT molecular complexity index is 3650. The largest absolute Gasteiger partial charge is 0.456 e. The van der Waals surface area contributed by atoms with Crippen molar-refractivity contribution in [3.63, 3.8) is 0 Å². The molecule has 0 bridgehead atoms. The number of anilines is 3. The van der Waals surface area contributed by atoms with Crippen molar-refractivity contribution in [2.24, 2.45) is 0 Å². The van der Waals surface area contributed by atoms with Crippen molar-refractivity contribution in [2.75, 3.05) is 4.90 Å². The smallest absolute Gasteiger partial charge is 0.137 e. The predicted octanol–water partition coefficient (Wildman–Crippen LogP) is 15.6. The van der Waals surface area contributed by atoms with Crippen LogP contribution < -0.4 is 4.90 Å². The molecule has 266 valence electrons.